The molecule has 1 unspecified atom stereocenters. The topological polar surface area (TPSA) is 66.6 Å². The number of likely N-dealkylation sites (N-methyl/N-ethyl adjacent to an activating group) is 1. The normalized spacial score (nSPS) is 12.3. The van der Waals surface area contributed by atoms with E-state index in [2.05, 4.69) is 42.0 Å². The van der Waals surface area contributed by atoms with Crippen molar-refractivity contribution in [3.63, 3.8) is 0 Å². The zero-order valence-corrected chi connectivity index (χ0v) is 34.0. The Labute approximate surface area is 308 Å². The lowest BCUT2D eigenvalue weighted by Gasteiger charge is -2.19. The van der Waals surface area contributed by atoms with Gasteiger partial charge in [0.2, 0.25) is 0 Å². The van der Waals surface area contributed by atoms with Crippen LogP contribution in [0, 0.1) is 0 Å². The Morgan fingerprint density at radius 1 is 0.347 bits per heavy atom. The lowest BCUT2D eigenvalue weighted by atomic mass is 10.0. The summed E-state index contributed by atoms with van der Waals surface area (Å²) in [7, 11) is 0. The van der Waals surface area contributed by atoms with E-state index < -0.39 is 0 Å². The molecule has 0 aromatic heterocycles. The van der Waals surface area contributed by atoms with Gasteiger partial charge in [0.05, 0.1) is 12.7 Å². The molecule has 6 heteroatoms. The van der Waals surface area contributed by atoms with Crippen LogP contribution in [-0.2, 0) is 9.47 Å². The van der Waals surface area contributed by atoms with Crippen molar-refractivity contribution in [2.45, 2.75) is 207 Å². The summed E-state index contributed by atoms with van der Waals surface area (Å²) in [6.07, 6.45) is 39.2. The number of nitrogens with one attached hydrogen (secondary N) is 4. The van der Waals surface area contributed by atoms with Gasteiger partial charge < -0.3 is 30.7 Å². The van der Waals surface area contributed by atoms with Crippen LogP contribution in [0.5, 0.6) is 0 Å². The molecule has 0 rings (SSSR count). The van der Waals surface area contributed by atoms with Crippen LogP contribution in [0.1, 0.15) is 201 Å². The van der Waals surface area contributed by atoms with Crippen LogP contribution in [0.4, 0.5) is 0 Å². The molecule has 0 saturated heterocycles. The van der Waals surface area contributed by atoms with Crippen molar-refractivity contribution in [1.29, 1.82) is 0 Å². The number of rotatable bonds is 45. The predicted octanol–water partition coefficient (Wildman–Crippen LogP) is 10.7. The molecule has 0 fully saturated rings. The SMILES string of the molecule is CCCCCCCCCCCCCCCCOCC(CNCCNCCNCCNCC)OCCCCCCCCCCCCCCCC. The lowest BCUT2D eigenvalue weighted by molar-refractivity contribution is -0.0174. The minimum atomic E-state index is 0.154. The second-order valence-corrected chi connectivity index (χ2v) is 14.8. The molecular weight excluding hydrogens is 604 g/mol. The first kappa shape index (κ1) is 48.8. The number of unbranched alkanes of at least 4 members (excludes halogenated alkanes) is 26. The summed E-state index contributed by atoms with van der Waals surface area (Å²) >= 11 is 0. The minimum absolute atomic E-state index is 0.154. The zero-order valence-electron chi connectivity index (χ0n) is 34.0. The Morgan fingerprint density at radius 3 is 1.06 bits per heavy atom. The molecule has 0 amide bonds. The van der Waals surface area contributed by atoms with Gasteiger partial charge in [-0.2, -0.15) is 0 Å². The largest absolute Gasteiger partial charge is 0.379 e. The molecule has 0 heterocycles. The minimum Gasteiger partial charge on any atom is -0.379 e. The maximum Gasteiger partial charge on any atom is 0.0932 e. The Bertz CT molecular complexity index is 568. The van der Waals surface area contributed by atoms with Crippen LogP contribution in [0.15, 0.2) is 0 Å². The van der Waals surface area contributed by atoms with Crippen LogP contribution in [0.2, 0.25) is 0 Å². The van der Waals surface area contributed by atoms with E-state index >= 15 is 0 Å². The summed E-state index contributed by atoms with van der Waals surface area (Å²) in [5.74, 6) is 0. The van der Waals surface area contributed by atoms with Crippen molar-refractivity contribution >= 4 is 0 Å². The number of ether oxygens (including phenoxy) is 2. The first-order chi connectivity index (χ1) is 24.3. The van der Waals surface area contributed by atoms with E-state index in [1.165, 1.54) is 180 Å². The zero-order chi connectivity index (χ0) is 35.4. The highest BCUT2D eigenvalue weighted by atomic mass is 16.5. The van der Waals surface area contributed by atoms with Crippen LogP contribution < -0.4 is 21.3 Å². The molecule has 0 aliphatic carbocycles. The molecule has 0 saturated carbocycles. The van der Waals surface area contributed by atoms with Crippen molar-refractivity contribution in [2.75, 3.05) is 72.2 Å². The molecule has 0 bridgehead atoms. The van der Waals surface area contributed by atoms with Gasteiger partial charge in [0.1, 0.15) is 0 Å². The number of hydrogen-bond acceptors (Lipinski definition) is 6. The fourth-order valence-electron chi connectivity index (χ4n) is 6.55. The third-order valence-electron chi connectivity index (χ3n) is 9.86. The molecule has 0 aromatic carbocycles. The van der Waals surface area contributed by atoms with Gasteiger partial charge in [0.25, 0.3) is 0 Å². The van der Waals surface area contributed by atoms with Gasteiger partial charge in [-0.3, -0.25) is 0 Å². The lowest BCUT2D eigenvalue weighted by Crippen LogP contribution is -2.38. The molecule has 1 atom stereocenters. The second-order valence-electron chi connectivity index (χ2n) is 14.8. The van der Waals surface area contributed by atoms with Gasteiger partial charge in [-0.25, -0.2) is 0 Å². The monoisotopic (exact) mass is 697 g/mol. The van der Waals surface area contributed by atoms with Crippen LogP contribution >= 0.6 is 0 Å². The first-order valence-electron chi connectivity index (χ1n) is 22.4. The summed E-state index contributed by atoms with van der Waals surface area (Å²) in [4.78, 5) is 0. The van der Waals surface area contributed by atoms with E-state index in [-0.39, 0.29) is 6.10 Å². The third kappa shape index (κ3) is 43.8. The van der Waals surface area contributed by atoms with Gasteiger partial charge in [-0.05, 0) is 19.4 Å². The summed E-state index contributed by atoms with van der Waals surface area (Å²) in [5, 5.41) is 14.0. The third-order valence-corrected chi connectivity index (χ3v) is 9.86. The summed E-state index contributed by atoms with van der Waals surface area (Å²) < 4.78 is 12.5. The average Bonchev–Trinajstić information content (AvgIpc) is 3.11. The van der Waals surface area contributed by atoms with E-state index in [0.717, 1.165) is 65.6 Å². The summed E-state index contributed by atoms with van der Waals surface area (Å²) in [6.45, 7) is 17.2. The highest BCUT2D eigenvalue weighted by Crippen LogP contribution is 2.14. The van der Waals surface area contributed by atoms with Crippen molar-refractivity contribution in [1.82, 2.24) is 21.3 Å². The molecule has 0 aliphatic rings. The molecule has 4 N–H and O–H groups in total. The van der Waals surface area contributed by atoms with Crippen LogP contribution in [0.3, 0.4) is 0 Å². The quantitative estimate of drug-likeness (QED) is 0.0475. The van der Waals surface area contributed by atoms with Gasteiger partial charge in [-0.15, -0.1) is 0 Å². The average molecular weight is 697 g/mol. The maximum absolute atomic E-state index is 6.34. The van der Waals surface area contributed by atoms with E-state index in [0.29, 0.717) is 6.61 Å². The van der Waals surface area contributed by atoms with Crippen LogP contribution in [-0.4, -0.2) is 78.3 Å². The molecule has 0 spiro atoms. The Kier molecular flexibility index (Phi) is 45.6. The molecule has 0 aliphatic heterocycles. The fraction of sp³-hybridized carbons (Fsp3) is 1.00. The first-order valence-corrected chi connectivity index (χ1v) is 22.4. The highest BCUT2D eigenvalue weighted by molar-refractivity contribution is 4.64. The smallest absolute Gasteiger partial charge is 0.0932 e. The highest BCUT2D eigenvalue weighted by Gasteiger charge is 2.09. The van der Waals surface area contributed by atoms with Gasteiger partial charge in [0.15, 0.2) is 0 Å². The van der Waals surface area contributed by atoms with E-state index in [1.807, 2.05) is 0 Å². The Balaban J connectivity index is 3.89. The molecular formula is C43H92N4O2. The van der Waals surface area contributed by atoms with Gasteiger partial charge in [0, 0.05) is 59.0 Å². The standard InChI is InChI=1S/C43H92N4O2/c1-4-7-9-11-13-15-17-19-21-23-25-27-29-31-39-48-42-43(41-47-38-37-46-36-35-45-34-33-44-6-3)49-40-32-30-28-26-24-22-20-18-16-14-12-10-8-5-2/h43-47H,4-42H2,1-3H3. The molecule has 49 heavy (non-hydrogen) atoms. The molecule has 296 valence electrons. The van der Waals surface area contributed by atoms with Crippen LogP contribution in [0.25, 0.3) is 0 Å². The number of hydrogen-bond donors (Lipinski definition) is 4. The fourth-order valence-corrected chi connectivity index (χ4v) is 6.55. The molecule has 0 aromatic rings. The summed E-state index contributed by atoms with van der Waals surface area (Å²) in [5.41, 5.74) is 0. The summed E-state index contributed by atoms with van der Waals surface area (Å²) in [6, 6.07) is 0. The molecule has 6 nitrogen and oxygen atoms in total. The van der Waals surface area contributed by atoms with Crippen molar-refractivity contribution in [3.8, 4) is 0 Å². The van der Waals surface area contributed by atoms with Crippen molar-refractivity contribution in [2.24, 2.45) is 0 Å². The van der Waals surface area contributed by atoms with E-state index in [4.69, 9.17) is 9.47 Å². The Morgan fingerprint density at radius 2 is 0.673 bits per heavy atom. The maximum atomic E-state index is 6.34. The molecule has 0 radical (unpaired) electrons. The van der Waals surface area contributed by atoms with Crippen molar-refractivity contribution < 1.29 is 9.47 Å². The Hall–Kier alpha value is -0.240. The second kappa shape index (κ2) is 45.8. The van der Waals surface area contributed by atoms with E-state index in [1.54, 1.807) is 0 Å². The predicted molar refractivity (Wildman–Crippen MR) is 218 cm³/mol. The van der Waals surface area contributed by atoms with Crippen molar-refractivity contribution in [3.05, 3.63) is 0 Å². The van der Waals surface area contributed by atoms with Gasteiger partial charge in [-0.1, -0.05) is 188 Å². The van der Waals surface area contributed by atoms with E-state index in [9.17, 15) is 0 Å². The van der Waals surface area contributed by atoms with Gasteiger partial charge >= 0.3 is 0 Å².